The number of hydrogen-bond acceptors (Lipinski definition) is 2. The summed E-state index contributed by atoms with van der Waals surface area (Å²) in [6.07, 6.45) is 2.58. The van der Waals surface area contributed by atoms with E-state index in [1.165, 1.54) is 17.0 Å². The number of carbonyl (C=O) groups excluding carboxylic acids is 1. The van der Waals surface area contributed by atoms with Gasteiger partial charge in [-0.25, -0.2) is 4.39 Å². The Bertz CT molecular complexity index is 568. The highest BCUT2D eigenvalue weighted by atomic mass is 32.1. The zero-order valence-electron chi connectivity index (χ0n) is 9.20. The van der Waals surface area contributed by atoms with E-state index in [0.717, 1.165) is 29.5 Å². The highest BCUT2D eigenvalue weighted by molar-refractivity contribution is 7.10. The molecule has 0 bridgehead atoms. The lowest BCUT2D eigenvalue weighted by molar-refractivity contribution is 0.0974. The Morgan fingerprint density at radius 1 is 1.12 bits per heavy atom. The van der Waals surface area contributed by atoms with Gasteiger partial charge in [-0.3, -0.25) is 4.79 Å². The maximum Gasteiger partial charge on any atom is 0.164 e. The Morgan fingerprint density at radius 3 is 2.65 bits per heavy atom. The first kappa shape index (κ1) is 10.7. The van der Waals surface area contributed by atoms with Crippen molar-refractivity contribution in [1.29, 1.82) is 0 Å². The van der Waals surface area contributed by atoms with Crippen molar-refractivity contribution in [2.45, 2.75) is 19.3 Å². The lowest BCUT2D eigenvalue weighted by Gasteiger charge is -2.11. The second kappa shape index (κ2) is 4.08. The fourth-order valence-electron chi connectivity index (χ4n) is 2.26. The van der Waals surface area contributed by atoms with Crippen molar-refractivity contribution >= 4 is 17.1 Å². The second-order valence-electron chi connectivity index (χ2n) is 4.23. The van der Waals surface area contributed by atoms with Gasteiger partial charge in [0.15, 0.2) is 5.78 Å². The molecule has 1 aliphatic rings. The van der Waals surface area contributed by atoms with Crippen LogP contribution in [0, 0.1) is 5.82 Å². The normalized spacial score (nSPS) is 14.8. The van der Waals surface area contributed by atoms with Crippen LogP contribution in [0.2, 0.25) is 0 Å². The Balaban J connectivity index is 2.12. The van der Waals surface area contributed by atoms with Crippen LogP contribution >= 0.6 is 11.3 Å². The lowest BCUT2D eigenvalue weighted by Crippen LogP contribution is -2.08. The van der Waals surface area contributed by atoms with Crippen molar-refractivity contribution in [3.05, 3.63) is 45.9 Å². The van der Waals surface area contributed by atoms with Crippen molar-refractivity contribution in [2.75, 3.05) is 0 Å². The molecule has 0 saturated heterocycles. The molecule has 1 aromatic heterocycles. The molecule has 0 unspecified atom stereocenters. The minimum atomic E-state index is -0.246. The molecule has 17 heavy (non-hydrogen) atoms. The van der Waals surface area contributed by atoms with Gasteiger partial charge in [0.1, 0.15) is 5.82 Å². The van der Waals surface area contributed by atoms with Crippen molar-refractivity contribution in [3.8, 4) is 11.1 Å². The first-order chi connectivity index (χ1) is 8.25. The molecule has 1 heterocycles. The van der Waals surface area contributed by atoms with Crippen molar-refractivity contribution in [1.82, 2.24) is 0 Å². The van der Waals surface area contributed by atoms with Gasteiger partial charge in [0, 0.05) is 22.4 Å². The number of thiophene rings is 1. The highest BCUT2D eigenvalue weighted by Crippen LogP contribution is 2.36. The largest absolute Gasteiger partial charge is 0.294 e. The molecule has 2 aromatic rings. The predicted molar refractivity (Wildman–Crippen MR) is 67.0 cm³/mol. The number of benzene rings is 1. The van der Waals surface area contributed by atoms with E-state index in [1.807, 2.05) is 5.38 Å². The molecule has 0 saturated carbocycles. The summed E-state index contributed by atoms with van der Waals surface area (Å²) in [7, 11) is 0. The van der Waals surface area contributed by atoms with Gasteiger partial charge in [-0.2, -0.15) is 0 Å². The molecule has 86 valence electrons. The summed E-state index contributed by atoms with van der Waals surface area (Å²) in [4.78, 5) is 13.1. The van der Waals surface area contributed by atoms with E-state index in [2.05, 4.69) is 0 Å². The maximum absolute atomic E-state index is 12.9. The minimum absolute atomic E-state index is 0.229. The molecule has 1 nitrogen and oxygen atoms in total. The average molecular weight is 246 g/mol. The topological polar surface area (TPSA) is 17.1 Å². The van der Waals surface area contributed by atoms with E-state index in [-0.39, 0.29) is 11.6 Å². The van der Waals surface area contributed by atoms with E-state index < -0.39 is 0 Å². The van der Waals surface area contributed by atoms with Gasteiger partial charge in [0.05, 0.1) is 0 Å². The summed E-state index contributed by atoms with van der Waals surface area (Å²) in [5, 5.41) is 2.02. The molecular formula is C14H11FOS. The van der Waals surface area contributed by atoms with Crippen LogP contribution in [0.15, 0.2) is 29.6 Å². The molecule has 0 aliphatic heterocycles. The Kier molecular flexibility index (Phi) is 2.56. The SMILES string of the molecule is O=C1CCCc2scc(-c3ccc(F)cc3)c21. The molecule has 1 aromatic carbocycles. The summed E-state index contributed by atoms with van der Waals surface area (Å²) < 4.78 is 12.9. The zero-order chi connectivity index (χ0) is 11.8. The maximum atomic E-state index is 12.9. The minimum Gasteiger partial charge on any atom is -0.294 e. The van der Waals surface area contributed by atoms with E-state index >= 15 is 0 Å². The monoisotopic (exact) mass is 246 g/mol. The fourth-order valence-corrected chi connectivity index (χ4v) is 3.38. The summed E-state index contributed by atoms with van der Waals surface area (Å²) in [6, 6.07) is 6.35. The van der Waals surface area contributed by atoms with Gasteiger partial charge in [-0.15, -0.1) is 11.3 Å². The molecule has 0 spiro atoms. The summed E-state index contributed by atoms with van der Waals surface area (Å²) in [5.41, 5.74) is 2.77. The number of Topliss-reactive ketones (excluding diaryl/α,β-unsaturated/α-hetero) is 1. The quantitative estimate of drug-likeness (QED) is 0.741. The molecule has 0 radical (unpaired) electrons. The second-order valence-corrected chi connectivity index (χ2v) is 5.20. The average Bonchev–Trinajstić information content (AvgIpc) is 2.75. The Labute approximate surface area is 103 Å². The number of rotatable bonds is 1. The van der Waals surface area contributed by atoms with E-state index in [0.29, 0.717) is 6.42 Å². The van der Waals surface area contributed by atoms with Gasteiger partial charge in [-0.05, 0) is 35.9 Å². The number of fused-ring (bicyclic) bond motifs is 1. The zero-order valence-corrected chi connectivity index (χ0v) is 10.0. The van der Waals surface area contributed by atoms with Crippen LogP contribution in [0.4, 0.5) is 4.39 Å². The van der Waals surface area contributed by atoms with Gasteiger partial charge in [-0.1, -0.05) is 12.1 Å². The third kappa shape index (κ3) is 1.80. The molecule has 3 rings (SSSR count). The van der Waals surface area contributed by atoms with Gasteiger partial charge in [0.2, 0.25) is 0 Å². The first-order valence-corrected chi connectivity index (χ1v) is 6.53. The van der Waals surface area contributed by atoms with Crippen LogP contribution in [-0.2, 0) is 6.42 Å². The Hall–Kier alpha value is -1.48. The standard InChI is InChI=1S/C14H11FOS/c15-10-6-4-9(5-7-10)11-8-17-13-3-1-2-12(16)14(11)13/h4-8H,1-3H2. The van der Waals surface area contributed by atoms with Crippen LogP contribution in [0.3, 0.4) is 0 Å². The fraction of sp³-hybridized carbons (Fsp3) is 0.214. The van der Waals surface area contributed by atoms with Crippen molar-refractivity contribution in [2.24, 2.45) is 0 Å². The lowest BCUT2D eigenvalue weighted by atomic mass is 9.92. The van der Waals surface area contributed by atoms with Crippen LogP contribution in [0.1, 0.15) is 28.1 Å². The molecule has 3 heteroatoms. The Morgan fingerprint density at radius 2 is 1.88 bits per heavy atom. The third-order valence-corrected chi connectivity index (χ3v) is 4.16. The molecule has 1 aliphatic carbocycles. The molecule has 0 fully saturated rings. The first-order valence-electron chi connectivity index (χ1n) is 5.65. The number of ketones is 1. The molecule has 0 amide bonds. The van der Waals surface area contributed by atoms with E-state index in [4.69, 9.17) is 0 Å². The van der Waals surface area contributed by atoms with Gasteiger partial charge >= 0.3 is 0 Å². The van der Waals surface area contributed by atoms with Crippen molar-refractivity contribution in [3.63, 3.8) is 0 Å². The van der Waals surface area contributed by atoms with Gasteiger partial charge in [0.25, 0.3) is 0 Å². The molecule has 0 atom stereocenters. The van der Waals surface area contributed by atoms with Crippen LogP contribution in [0.25, 0.3) is 11.1 Å². The van der Waals surface area contributed by atoms with Crippen LogP contribution in [-0.4, -0.2) is 5.78 Å². The smallest absolute Gasteiger partial charge is 0.164 e. The highest BCUT2D eigenvalue weighted by Gasteiger charge is 2.23. The third-order valence-electron chi connectivity index (χ3n) is 3.11. The van der Waals surface area contributed by atoms with Crippen LogP contribution < -0.4 is 0 Å². The number of carbonyl (C=O) groups is 1. The summed E-state index contributed by atoms with van der Waals surface area (Å²) in [6.45, 7) is 0. The number of halogens is 1. The van der Waals surface area contributed by atoms with E-state index in [1.54, 1.807) is 23.5 Å². The van der Waals surface area contributed by atoms with E-state index in [9.17, 15) is 9.18 Å². The van der Waals surface area contributed by atoms with Crippen molar-refractivity contribution < 1.29 is 9.18 Å². The molecular weight excluding hydrogens is 235 g/mol. The summed E-state index contributed by atoms with van der Waals surface area (Å²) >= 11 is 1.64. The predicted octanol–water partition coefficient (Wildman–Crippen LogP) is 4.07. The van der Waals surface area contributed by atoms with Crippen LogP contribution in [0.5, 0.6) is 0 Å². The van der Waals surface area contributed by atoms with Gasteiger partial charge < -0.3 is 0 Å². The number of hydrogen-bond donors (Lipinski definition) is 0. The number of aryl methyl sites for hydroxylation is 1. The molecule has 0 N–H and O–H groups in total. The summed E-state index contributed by atoms with van der Waals surface area (Å²) in [5.74, 6) is -0.0176.